The SMILES string of the molecule is COc1ccc(C2CC(C(=O)Nc3ccc(F)c(Cl)c3)NS(C)(C)N2)cc1. The highest BCUT2D eigenvalue weighted by Gasteiger charge is 2.34. The van der Waals surface area contributed by atoms with E-state index >= 15 is 0 Å². The number of ether oxygens (including phenoxy) is 1. The molecule has 0 aliphatic carbocycles. The number of anilines is 1. The van der Waals surface area contributed by atoms with Gasteiger partial charge < -0.3 is 10.1 Å². The first-order chi connectivity index (χ1) is 12.8. The fourth-order valence-corrected chi connectivity index (χ4v) is 5.19. The van der Waals surface area contributed by atoms with Gasteiger partial charge in [-0.2, -0.15) is 0 Å². The molecule has 8 heteroatoms. The zero-order valence-corrected chi connectivity index (χ0v) is 17.0. The lowest BCUT2D eigenvalue weighted by atomic mass is 10.00. The predicted octanol–water partition coefficient (Wildman–Crippen LogP) is 4.01. The minimum Gasteiger partial charge on any atom is -0.497 e. The second-order valence-electron chi connectivity index (χ2n) is 6.79. The maximum Gasteiger partial charge on any atom is 0.242 e. The number of benzene rings is 2. The average molecular weight is 412 g/mol. The highest BCUT2D eigenvalue weighted by Crippen LogP contribution is 2.41. The fourth-order valence-electron chi connectivity index (χ4n) is 3.08. The predicted molar refractivity (Wildman–Crippen MR) is 110 cm³/mol. The Morgan fingerprint density at radius 2 is 1.93 bits per heavy atom. The van der Waals surface area contributed by atoms with Crippen molar-refractivity contribution >= 4 is 33.6 Å². The van der Waals surface area contributed by atoms with Crippen LogP contribution in [0.3, 0.4) is 0 Å². The fraction of sp³-hybridized carbons (Fsp3) is 0.316. The van der Waals surface area contributed by atoms with Crippen molar-refractivity contribution in [1.82, 2.24) is 9.44 Å². The van der Waals surface area contributed by atoms with E-state index in [2.05, 4.69) is 27.3 Å². The number of nitrogens with one attached hydrogen (secondary N) is 3. The molecule has 3 N–H and O–H groups in total. The van der Waals surface area contributed by atoms with Gasteiger partial charge in [0.1, 0.15) is 11.6 Å². The molecule has 1 amide bonds. The lowest BCUT2D eigenvalue weighted by Gasteiger charge is -2.46. The number of methoxy groups -OCH3 is 1. The molecule has 0 bridgehead atoms. The Morgan fingerprint density at radius 3 is 2.56 bits per heavy atom. The zero-order valence-electron chi connectivity index (χ0n) is 15.4. The molecule has 146 valence electrons. The summed E-state index contributed by atoms with van der Waals surface area (Å²) in [5.41, 5.74) is 1.57. The summed E-state index contributed by atoms with van der Waals surface area (Å²) in [6.45, 7) is 0. The van der Waals surface area contributed by atoms with E-state index in [9.17, 15) is 9.18 Å². The second-order valence-corrected chi connectivity index (χ2v) is 10.3. The van der Waals surface area contributed by atoms with Crippen molar-refractivity contribution in [2.75, 3.05) is 24.9 Å². The third-order valence-corrected chi connectivity index (χ3v) is 6.40. The van der Waals surface area contributed by atoms with Crippen LogP contribution in [0.15, 0.2) is 42.5 Å². The Kier molecular flexibility index (Phi) is 5.95. The third-order valence-electron chi connectivity index (χ3n) is 4.37. The minimum atomic E-state index is -1.38. The van der Waals surface area contributed by atoms with Crippen LogP contribution in [0.2, 0.25) is 5.02 Å². The molecule has 3 rings (SSSR count). The van der Waals surface area contributed by atoms with Gasteiger partial charge in [0.15, 0.2) is 0 Å². The zero-order chi connectivity index (χ0) is 19.6. The minimum absolute atomic E-state index is 0.0202. The van der Waals surface area contributed by atoms with E-state index < -0.39 is 16.2 Å². The van der Waals surface area contributed by atoms with Gasteiger partial charge >= 0.3 is 0 Å². The number of halogens is 2. The number of amides is 1. The largest absolute Gasteiger partial charge is 0.497 e. The molecule has 0 spiro atoms. The van der Waals surface area contributed by atoms with Gasteiger partial charge in [-0.1, -0.05) is 23.7 Å². The molecule has 2 aromatic rings. The van der Waals surface area contributed by atoms with Gasteiger partial charge in [-0.25, -0.2) is 4.39 Å². The van der Waals surface area contributed by atoms with Crippen LogP contribution in [0.4, 0.5) is 10.1 Å². The van der Waals surface area contributed by atoms with E-state index in [0.717, 1.165) is 11.3 Å². The Bertz CT molecular complexity index is 832. The van der Waals surface area contributed by atoms with Crippen molar-refractivity contribution < 1.29 is 13.9 Å². The molecule has 0 aromatic heterocycles. The van der Waals surface area contributed by atoms with Crippen molar-refractivity contribution in [3.63, 3.8) is 0 Å². The number of carbonyl (C=O) groups excluding carboxylic acids is 1. The molecule has 1 fully saturated rings. The lowest BCUT2D eigenvalue weighted by molar-refractivity contribution is -0.118. The molecule has 1 saturated heterocycles. The summed E-state index contributed by atoms with van der Waals surface area (Å²) in [5, 5.41) is 2.80. The molecule has 2 atom stereocenters. The molecule has 27 heavy (non-hydrogen) atoms. The monoisotopic (exact) mass is 411 g/mol. The van der Waals surface area contributed by atoms with Gasteiger partial charge in [-0.15, -0.1) is 10.4 Å². The van der Waals surface area contributed by atoms with Crippen LogP contribution < -0.4 is 19.5 Å². The van der Waals surface area contributed by atoms with E-state index in [1.54, 1.807) is 7.11 Å². The highest BCUT2D eigenvalue weighted by molar-refractivity contribution is 8.29. The van der Waals surface area contributed by atoms with E-state index in [1.165, 1.54) is 18.2 Å². The van der Waals surface area contributed by atoms with Crippen LogP contribution in [0.25, 0.3) is 0 Å². The Balaban J connectivity index is 1.75. The molecule has 2 unspecified atom stereocenters. The van der Waals surface area contributed by atoms with Crippen molar-refractivity contribution in [3.05, 3.63) is 58.9 Å². The van der Waals surface area contributed by atoms with Gasteiger partial charge in [-0.05, 0) is 54.8 Å². The molecule has 5 nitrogen and oxygen atoms in total. The average Bonchev–Trinajstić information content (AvgIpc) is 2.63. The van der Waals surface area contributed by atoms with Crippen LogP contribution in [0, 0.1) is 5.82 Å². The van der Waals surface area contributed by atoms with Crippen molar-refractivity contribution in [2.24, 2.45) is 0 Å². The molecule has 1 heterocycles. The van der Waals surface area contributed by atoms with Crippen molar-refractivity contribution in [1.29, 1.82) is 0 Å². The first-order valence-corrected chi connectivity index (χ1v) is 11.3. The van der Waals surface area contributed by atoms with Crippen LogP contribution in [0.5, 0.6) is 5.75 Å². The smallest absolute Gasteiger partial charge is 0.242 e. The summed E-state index contributed by atoms with van der Waals surface area (Å²) in [6.07, 6.45) is 4.72. The van der Waals surface area contributed by atoms with Crippen molar-refractivity contribution in [3.8, 4) is 5.75 Å². The summed E-state index contributed by atoms with van der Waals surface area (Å²) in [7, 11) is 0.257. The standard InChI is InChI=1S/C19H23ClFN3O2S/c1-26-14-7-4-12(5-8-14)17-11-18(24-27(2,3)23-17)19(25)22-13-6-9-16(21)15(20)10-13/h4-10,17-18,23-24H,11H2,1-3H3,(H,22,25). The topological polar surface area (TPSA) is 62.4 Å². The summed E-state index contributed by atoms with van der Waals surface area (Å²) in [4.78, 5) is 12.8. The van der Waals surface area contributed by atoms with Gasteiger partial charge in [0.2, 0.25) is 5.91 Å². The normalized spacial score (nSPS) is 22.7. The third kappa shape index (κ3) is 4.93. The number of hydrogen-bond donors (Lipinski definition) is 3. The molecule has 2 aromatic carbocycles. The maximum absolute atomic E-state index is 13.3. The van der Waals surface area contributed by atoms with E-state index in [-0.39, 0.29) is 23.0 Å². The molecular weight excluding hydrogens is 389 g/mol. The van der Waals surface area contributed by atoms with Gasteiger partial charge in [-0.3, -0.25) is 14.2 Å². The van der Waals surface area contributed by atoms with E-state index in [1.807, 2.05) is 24.3 Å². The molecule has 0 radical (unpaired) electrons. The van der Waals surface area contributed by atoms with Crippen LogP contribution in [-0.4, -0.2) is 31.6 Å². The first kappa shape index (κ1) is 19.9. The van der Waals surface area contributed by atoms with Gasteiger partial charge in [0.05, 0.1) is 18.2 Å². The van der Waals surface area contributed by atoms with E-state index in [4.69, 9.17) is 16.3 Å². The number of rotatable bonds is 4. The number of hydrogen-bond acceptors (Lipinski definition) is 4. The summed E-state index contributed by atoms with van der Waals surface area (Å²) in [5.74, 6) is 0.111. The maximum atomic E-state index is 13.3. The van der Waals surface area contributed by atoms with Crippen LogP contribution in [-0.2, 0) is 4.79 Å². The summed E-state index contributed by atoms with van der Waals surface area (Å²) >= 11 is 5.80. The van der Waals surface area contributed by atoms with E-state index in [0.29, 0.717) is 12.1 Å². The van der Waals surface area contributed by atoms with Gasteiger partial charge in [0, 0.05) is 11.7 Å². The first-order valence-electron chi connectivity index (χ1n) is 8.45. The molecule has 0 saturated carbocycles. The number of carbonyl (C=O) groups is 1. The Labute approximate surface area is 165 Å². The second kappa shape index (κ2) is 8.06. The quantitative estimate of drug-likeness (QED) is 0.711. The van der Waals surface area contributed by atoms with Crippen LogP contribution in [0.1, 0.15) is 18.0 Å². The lowest BCUT2D eigenvalue weighted by Crippen LogP contribution is -2.52. The summed E-state index contributed by atoms with van der Waals surface area (Å²) < 4.78 is 25.5. The Morgan fingerprint density at radius 1 is 1.22 bits per heavy atom. The van der Waals surface area contributed by atoms with Gasteiger partial charge in [0.25, 0.3) is 0 Å². The summed E-state index contributed by atoms with van der Waals surface area (Å²) in [6, 6.07) is 11.6. The van der Waals surface area contributed by atoms with Crippen LogP contribution >= 0.6 is 22.0 Å². The highest BCUT2D eigenvalue weighted by atomic mass is 35.5. The molecule has 1 aliphatic rings. The Hall–Kier alpha value is -1.80. The van der Waals surface area contributed by atoms with Crippen molar-refractivity contribution in [2.45, 2.75) is 18.5 Å². The molecular formula is C19H23ClFN3O2S. The molecule has 1 aliphatic heterocycles.